The molecule has 0 aromatic heterocycles. The molecular weight excluding hydrogens is 244 g/mol. The summed E-state index contributed by atoms with van der Waals surface area (Å²) < 4.78 is 5.40. The van der Waals surface area contributed by atoms with Crippen LogP contribution in [0.3, 0.4) is 0 Å². The molecule has 1 aromatic carbocycles. The number of alkyl halides is 1. The Morgan fingerprint density at radius 1 is 1.36 bits per heavy atom. The minimum absolute atomic E-state index is 0.103. The molecule has 74 valence electrons. The van der Waals surface area contributed by atoms with E-state index in [-0.39, 0.29) is 5.97 Å². The van der Waals surface area contributed by atoms with Crippen LogP contribution in [0.25, 0.3) is 0 Å². The number of ether oxygens (including phenoxy) is 1. The Morgan fingerprint density at radius 2 is 2.07 bits per heavy atom. The fourth-order valence-corrected chi connectivity index (χ4v) is 2.46. The third-order valence-electron chi connectivity index (χ3n) is 2.56. The molecule has 0 aliphatic carbocycles. The van der Waals surface area contributed by atoms with E-state index in [0.717, 1.165) is 12.0 Å². The number of hydrogen-bond acceptors (Lipinski definition) is 2. The summed E-state index contributed by atoms with van der Waals surface area (Å²) in [6, 6.07) is 9.89. The average molecular weight is 255 g/mol. The third kappa shape index (κ3) is 1.57. The molecule has 1 heterocycles. The molecule has 1 saturated heterocycles. The second kappa shape index (κ2) is 3.73. The summed E-state index contributed by atoms with van der Waals surface area (Å²) in [5, 5.41) is 0.662. The van der Waals surface area contributed by atoms with Crippen LogP contribution in [0, 0.1) is 0 Å². The number of cyclic esters (lactones) is 1. The number of benzene rings is 1. The van der Waals surface area contributed by atoms with Gasteiger partial charge in [-0.15, -0.1) is 0 Å². The zero-order valence-electron chi connectivity index (χ0n) is 7.70. The van der Waals surface area contributed by atoms with E-state index in [2.05, 4.69) is 15.9 Å². The van der Waals surface area contributed by atoms with Gasteiger partial charge >= 0.3 is 5.97 Å². The van der Waals surface area contributed by atoms with E-state index >= 15 is 0 Å². The van der Waals surface area contributed by atoms with Crippen molar-refractivity contribution in [3.05, 3.63) is 35.9 Å². The molecule has 0 saturated carbocycles. The highest BCUT2D eigenvalue weighted by molar-refractivity contribution is 9.09. The number of rotatable bonds is 2. The van der Waals surface area contributed by atoms with Crippen molar-refractivity contribution in [2.45, 2.75) is 18.4 Å². The molecule has 3 heteroatoms. The van der Waals surface area contributed by atoms with Crippen LogP contribution in [-0.4, -0.2) is 11.3 Å². The van der Waals surface area contributed by atoms with E-state index in [1.807, 2.05) is 30.3 Å². The Kier molecular flexibility index (Phi) is 2.59. The van der Waals surface area contributed by atoms with Crippen molar-refractivity contribution >= 4 is 21.9 Å². The van der Waals surface area contributed by atoms with Crippen molar-refractivity contribution in [2.24, 2.45) is 0 Å². The maximum Gasteiger partial charge on any atom is 0.306 e. The second-order valence-corrected chi connectivity index (χ2v) is 4.03. The molecule has 1 aliphatic heterocycles. The SMILES string of the molecule is O=C1CCC(CBr)(c2ccccc2)O1. The smallest absolute Gasteiger partial charge is 0.306 e. The quantitative estimate of drug-likeness (QED) is 0.599. The second-order valence-electron chi connectivity index (χ2n) is 3.47. The van der Waals surface area contributed by atoms with Gasteiger partial charge in [0.25, 0.3) is 0 Å². The summed E-state index contributed by atoms with van der Waals surface area (Å²) in [6.07, 6.45) is 1.28. The molecule has 0 radical (unpaired) electrons. The monoisotopic (exact) mass is 254 g/mol. The normalized spacial score (nSPS) is 26.2. The van der Waals surface area contributed by atoms with Gasteiger partial charge in [0.2, 0.25) is 0 Å². The molecule has 2 nitrogen and oxygen atoms in total. The van der Waals surface area contributed by atoms with Gasteiger partial charge in [0, 0.05) is 18.2 Å². The van der Waals surface area contributed by atoms with Crippen molar-refractivity contribution in [1.29, 1.82) is 0 Å². The molecular formula is C11H11BrO2. The van der Waals surface area contributed by atoms with E-state index < -0.39 is 5.60 Å². The van der Waals surface area contributed by atoms with Crippen LogP contribution in [0.5, 0.6) is 0 Å². The summed E-state index contributed by atoms with van der Waals surface area (Å²) in [7, 11) is 0. The van der Waals surface area contributed by atoms with E-state index in [0.29, 0.717) is 11.8 Å². The van der Waals surface area contributed by atoms with Crippen molar-refractivity contribution in [1.82, 2.24) is 0 Å². The molecule has 1 fully saturated rings. The maximum atomic E-state index is 11.1. The lowest BCUT2D eigenvalue weighted by Gasteiger charge is -2.25. The van der Waals surface area contributed by atoms with Gasteiger partial charge in [-0.1, -0.05) is 46.3 Å². The van der Waals surface area contributed by atoms with E-state index in [1.54, 1.807) is 0 Å². The van der Waals surface area contributed by atoms with Gasteiger partial charge in [-0.25, -0.2) is 0 Å². The zero-order chi connectivity index (χ0) is 10.0. The highest BCUT2D eigenvalue weighted by atomic mass is 79.9. The lowest BCUT2D eigenvalue weighted by Crippen LogP contribution is -2.27. The molecule has 0 spiro atoms. The Balaban J connectivity index is 2.34. The molecule has 0 bridgehead atoms. The summed E-state index contributed by atoms with van der Waals surface area (Å²) >= 11 is 3.42. The Bertz CT molecular complexity index is 336. The third-order valence-corrected chi connectivity index (χ3v) is 3.46. The van der Waals surface area contributed by atoms with Crippen molar-refractivity contribution in [3.63, 3.8) is 0 Å². The fourth-order valence-electron chi connectivity index (χ4n) is 1.74. The number of hydrogen-bond donors (Lipinski definition) is 0. The van der Waals surface area contributed by atoms with E-state index in [1.165, 1.54) is 0 Å². The predicted octanol–water partition coefficient (Wildman–Crippen LogP) is 2.61. The molecule has 2 rings (SSSR count). The number of carbonyl (C=O) groups is 1. The van der Waals surface area contributed by atoms with Crippen LogP contribution in [0.15, 0.2) is 30.3 Å². The van der Waals surface area contributed by atoms with E-state index in [9.17, 15) is 4.79 Å². The largest absolute Gasteiger partial charge is 0.453 e. The predicted molar refractivity (Wildman–Crippen MR) is 57.2 cm³/mol. The minimum Gasteiger partial charge on any atom is -0.453 e. The van der Waals surface area contributed by atoms with Crippen LogP contribution >= 0.6 is 15.9 Å². The van der Waals surface area contributed by atoms with Crippen LogP contribution < -0.4 is 0 Å². The van der Waals surface area contributed by atoms with Crippen LogP contribution in [0.2, 0.25) is 0 Å². The number of esters is 1. The maximum absolute atomic E-state index is 11.1. The molecule has 1 atom stereocenters. The van der Waals surface area contributed by atoms with Crippen molar-refractivity contribution in [3.8, 4) is 0 Å². The Hall–Kier alpha value is -0.830. The molecule has 0 amide bonds. The summed E-state index contributed by atoms with van der Waals surface area (Å²) in [5.41, 5.74) is 0.640. The highest BCUT2D eigenvalue weighted by Gasteiger charge is 2.40. The van der Waals surface area contributed by atoms with Gasteiger partial charge in [0.1, 0.15) is 5.60 Å². The van der Waals surface area contributed by atoms with Gasteiger partial charge in [-0.2, -0.15) is 0 Å². The van der Waals surface area contributed by atoms with Gasteiger partial charge in [-0.05, 0) is 5.56 Å². The molecule has 1 unspecified atom stereocenters. The van der Waals surface area contributed by atoms with Crippen molar-refractivity contribution in [2.75, 3.05) is 5.33 Å². The average Bonchev–Trinajstić information content (AvgIpc) is 2.63. The van der Waals surface area contributed by atoms with Crippen LogP contribution in [-0.2, 0) is 15.1 Å². The fraction of sp³-hybridized carbons (Fsp3) is 0.364. The minimum atomic E-state index is -0.432. The van der Waals surface area contributed by atoms with Gasteiger partial charge in [0.15, 0.2) is 0 Å². The summed E-state index contributed by atoms with van der Waals surface area (Å²) in [4.78, 5) is 11.1. The summed E-state index contributed by atoms with van der Waals surface area (Å²) in [5.74, 6) is -0.103. The number of halogens is 1. The summed E-state index contributed by atoms with van der Waals surface area (Å²) in [6.45, 7) is 0. The topological polar surface area (TPSA) is 26.3 Å². The Morgan fingerprint density at radius 3 is 2.57 bits per heavy atom. The Labute approximate surface area is 91.4 Å². The first kappa shape index (κ1) is 9.71. The highest BCUT2D eigenvalue weighted by Crippen LogP contribution is 2.38. The van der Waals surface area contributed by atoms with Crippen LogP contribution in [0.1, 0.15) is 18.4 Å². The molecule has 1 aromatic rings. The standard InChI is InChI=1S/C11H11BrO2/c12-8-11(7-6-10(13)14-11)9-4-2-1-3-5-9/h1-5H,6-8H2. The van der Waals surface area contributed by atoms with Gasteiger partial charge in [0.05, 0.1) is 0 Å². The zero-order valence-corrected chi connectivity index (χ0v) is 9.29. The van der Waals surface area contributed by atoms with E-state index in [4.69, 9.17) is 4.74 Å². The number of carbonyl (C=O) groups excluding carboxylic acids is 1. The lowest BCUT2D eigenvalue weighted by atomic mass is 9.93. The molecule has 1 aliphatic rings. The molecule has 0 N–H and O–H groups in total. The first-order chi connectivity index (χ1) is 6.77. The van der Waals surface area contributed by atoms with Gasteiger partial charge in [-0.3, -0.25) is 4.79 Å². The van der Waals surface area contributed by atoms with Crippen molar-refractivity contribution < 1.29 is 9.53 Å². The lowest BCUT2D eigenvalue weighted by molar-refractivity contribution is -0.147. The first-order valence-electron chi connectivity index (χ1n) is 4.60. The van der Waals surface area contributed by atoms with Crippen LogP contribution in [0.4, 0.5) is 0 Å². The first-order valence-corrected chi connectivity index (χ1v) is 5.72. The molecule has 14 heavy (non-hydrogen) atoms. The van der Waals surface area contributed by atoms with Gasteiger partial charge < -0.3 is 4.74 Å².